The van der Waals surface area contributed by atoms with Crippen LogP contribution in [-0.2, 0) is 9.53 Å². The Labute approximate surface area is 177 Å². The molecule has 1 aromatic carbocycles. The number of benzene rings is 1. The molecular formula is C22H32N2O4S. The second-order valence-electron chi connectivity index (χ2n) is 7.57. The second kappa shape index (κ2) is 10.8. The number of nitrogens with one attached hydrogen (secondary N) is 1. The number of carbonyl (C=O) groups excluding carboxylic acids is 2. The summed E-state index contributed by atoms with van der Waals surface area (Å²) in [7, 11) is 0. The zero-order chi connectivity index (χ0) is 20.6. The highest BCUT2D eigenvalue weighted by Gasteiger charge is 2.45. The van der Waals surface area contributed by atoms with Crippen LogP contribution in [0.2, 0.25) is 0 Å². The van der Waals surface area contributed by atoms with Crippen molar-refractivity contribution in [1.29, 1.82) is 0 Å². The molecule has 1 heterocycles. The molecule has 2 atom stereocenters. The van der Waals surface area contributed by atoms with Gasteiger partial charge in [-0.05, 0) is 44.2 Å². The SMILES string of the molecule is CCCOC(=O)C1CSC(C2CCCCC2)N1C(=O)Nc1ccccc1OCC. The third-order valence-corrected chi connectivity index (χ3v) is 6.93. The summed E-state index contributed by atoms with van der Waals surface area (Å²) in [6.45, 7) is 4.78. The number of thioether (sulfide) groups is 1. The fraction of sp³-hybridized carbons (Fsp3) is 0.636. The van der Waals surface area contributed by atoms with Gasteiger partial charge in [0, 0.05) is 5.75 Å². The summed E-state index contributed by atoms with van der Waals surface area (Å²) in [6.07, 6.45) is 6.61. The molecule has 160 valence electrons. The molecule has 2 unspecified atom stereocenters. The van der Waals surface area contributed by atoms with Crippen molar-refractivity contribution in [2.45, 2.75) is 63.8 Å². The van der Waals surface area contributed by atoms with Crippen LogP contribution in [-0.4, -0.2) is 47.3 Å². The molecule has 7 heteroatoms. The van der Waals surface area contributed by atoms with Crippen LogP contribution in [0.3, 0.4) is 0 Å². The average molecular weight is 421 g/mol. The third kappa shape index (κ3) is 5.38. The molecule has 0 bridgehead atoms. The summed E-state index contributed by atoms with van der Waals surface area (Å²) in [5.41, 5.74) is 0.624. The van der Waals surface area contributed by atoms with Gasteiger partial charge in [-0.2, -0.15) is 0 Å². The summed E-state index contributed by atoms with van der Waals surface area (Å²) in [6, 6.07) is 6.61. The van der Waals surface area contributed by atoms with E-state index < -0.39 is 6.04 Å². The quantitative estimate of drug-likeness (QED) is 0.636. The Morgan fingerprint density at radius 3 is 2.66 bits per heavy atom. The van der Waals surface area contributed by atoms with E-state index in [1.165, 1.54) is 19.3 Å². The minimum Gasteiger partial charge on any atom is -0.492 e. The zero-order valence-electron chi connectivity index (χ0n) is 17.4. The zero-order valence-corrected chi connectivity index (χ0v) is 18.2. The van der Waals surface area contributed by atoms with Crippen molar-refractivity contribution >= 4 is 29.4 Å². The maximum absolute atomic E-state index is 13.4. The first-order valence-electron chi connectivity index (χ1n) is 10.7. The molecule has 0 aromatic heterocycles. The lowest BCUT2D eigenvalue weighted by Crippen LogP contribution is -2.50. The maximum Gasteiger partial charge on any atom is 0.329 e. The molecule has 1 aromatic rings. The van der Waals surface area contributed by atoms with Crippen molar-refractivity contribution in [3.05, 3.63) is 24.3 Å². The van der Waals surface area contributed by atoms with Crippen LogP contribution in [0.4, 0.5) is 10.5 Å². The summed E-state index contributed by atoms with van der Waals surface area (Å²) in [4.78, 5) is 27.8. The van der Waals surface area contributed by atoms with Crippen molar-refractivity contribution in [2.75, 3.05) is 24.3 Å². The molecule has 1 aliphatic heterocycles. The predicted molar refractivity (Wildman–Crippen MR) is 116 cm³/mol. The lowest BCUT2D eigenvalue weighted by Gasteiger charge is -2.35. The van der Waals surface area contributed by atoms with Gasteiger partial charge in [0.25, 0.3) is 0 Å². The highest BCUT2D eigenvalue weighted by molar-refractivity contribution is 8.00. The Hall–Kier alpha value is -1.89. The van der Waals surface area contributed by atoms with Crippen molar-refractivity contribution < 1.29 is 19.1 Å². The highest BCUT2D eigenvalue weighted by atomic mass is 32.2. The van der Waals surface area contributed by atoms with Gasteiger partial charge in [-0.25, -0.2) is 9.59 Å². The highest BCUT2D eigenvalue weighted by Crippen LogP contribution is 2.41. The third-order valence-electron chi connectivity index (χ3n) is 5.47. The first kappa shape index (κ1) is 21.8. The van der Waals surface area contributed by atoms with E-state index in [-0.39, 0.29) is 17.4 Å². The van der Waals surface area contributed by atoms with Crippen LogP contribution in [0.25, 0.3) is 0 Å². The minimum atomic E-state index is -0.544. The summed E-state index contributed by atoms with van der Waals surface area (Å²) in [5, 5.41) is 3.00. The molecule has 6 nitrogen and oxygen atoms in total. The van der Waals surface area contributed by atoms with Gasteiger partial charge in [0.2, 0.25) is 0 Å². The van der Waals surface area contributed by atoms with E-state index in [2.05, 4.69) is 5.32 Å². The molecule has 2 amide bonds. The Morgan fingerprint density at radius 1 is 1.17 bits per heavy atom. The van der Waals surface area contributed by atoms with Gasteiger partial charge in [0.1, 0.15) is 11.8 Å². The van der Waals surface area contributed by atoms with Crippen molar-refractivity contribution in [3.8, 4) is 5.75 Å². The van der Waals surface area contributed by atoms with Gasteiger partial charge < -0.3 is 14.8 Å². The van der Waals surface area contributed by atoms with Gasteiger partial charge >= 0.3 is 12.0 Å². The van der Waals surface area contributed by atoms with E-state index in [1.54, 1.807) is 16.7 Å². The number of hydrogen-bond acceptors (Lipinski definition) is 5. The molecule has 0 spiro atoms. The van der Waals surface area contributed by atoms with E-state index >= 15 is 0 Å². The van der Waals surface area contributed by atoms with Crippen molar-refractivity contribution in [2.24, 2.45) is 5.92 Å². The minimum absolute atomic E-state index is 0.00809. The Balaban J connectivity index is 1.80. The standard InChI is InChI=1S/C22H32N2O4S/c1-3-14-28-21(25)18-15-29-20(16-10-6-5-7-11-16)24(18)22(26)23-17-12-8-9-13-19(17)27-4-2/h8-9,12-13,16,18,20H,3-7,10-11,14-15H2,1-2H3,(H,23,26). The van der Waals surface area contributed by atoms with Gasteiger partial charge in [-0.1, -0.05) is 38.3 Å². The number of hydrogen-bond donors (Lipinski definition) is 1. The first-order valence-corrected chi connectivity index (χ1v) is 11.8. The smallest absolute Gasteiger partial charge is 0.329 e. The largest absolute Gasteiger partial charge is 0.492 e. The Morgan fingerprint density at radius 2 is 1.93 bits per heavy atom. The number of nitrogens with zero attached hydrogens (tertiary/aromatic N) is 1. The number of ether oxygens (including phenoxy) is 2. The van der Waals surface area contributed by atoms with Gasteiger partial charge in [0.05, 0.1) is 24.3 Å². The number of esters is 1. The van der Waals surface area contributed by atoms with E-state index in [0.29, 0.717) is 36.3 Å². The van der Waals surface area contributed by atoms with Gasteiger partial charge in [-0.3, -0.25) is 4.90 Å². The van der Waals surface area contributed by atoms with E-state index in [4.69, 9.17) is 9.47 Å². The van der Waals surface area contributed by atoms with Gasteiger partial charge in [-0.15, -0.1) is 11.8 Å². The molecule has 29 heavy (non-hydrogen) atoms. The Kier molecular flexibility index (Phi) is 8.09. The lowest BCUT2D eigenvalue weighted by molar-refractivity contribution is -0.148. The van der Waals surface area contributed by atoms with E-state index in [0.717, 1.165) is 19.3 Å². The fourth-order valence-electron chi connectivity index (χ4n) is 4.08. The molecule has 2 aliphatic rings. The van der Waals surface area contributed by atoms with Crippen molar-refractivity contribution in [3.63, 3.8) is 0 Å². The van der Waals surface area contributed by atoms with E-state index in [1.807, 2.05) is 38.1 Å². The molecule has 0 radical (unpaired) electrons. The summed E-state index contributed by atoms with van der Waals surface area (Å²) in [5.74, 6) is 1.34. The monoisotopic (exact) mass is 420 g/mol. The van der Waals surface area contributed by atoms with Crippen LogP contribution in [0.1, 0.15) is 52.4 Å². The van der Waals surface area contributed by atoms with Crippen LogP contribution in [0, 0.1) is 5.92 Å². The number of anilines is 1. The maximum atomic E-state index is 13.4. The van der Waals surface area contributed by atoms with E-state index in [9.17, 15) is 9.59 Å². The summed E-state index contributed by atoms with van der Waals surface area (Å²) < 4.78 is 11.0. The summed E-state index contributed by atoms with van der Waals surface area (Å²) >= 11 is 1.71. The number of rotatable bonds is 7. The number of amides is 2. The fourth-order valence-corrected chi connectivity index (χ4v) is 5.70. The van der Waals surface area contributed by atoms with Crippen LogP contribution >= 0.6 is 11.8 Å². The molecule has 1 saturated carbocycles. The molecule has 1 N–H and O–H groups in total. The van der Waals surface area contributed by atoms with Crippen molar-refractivity contribution in [1.82, 2.24) is 4.90 Å². The number of para-hydroxylation sites is 2. The molecular weight excluding hydrogens is 388 g/mol. The first-order chi connectivity index (χ1) is 14.2. The van der Waals surface area contributed by atoms with Crippen LogP contribution < -0.4 is 10.1 Å². The lowest BCUT2D eigenvalue weighted by atomic mass is 9.88. The second-order valence-corrected chi connectivity index (χ2v) is 8.72. The Bertz CT molecular complexity index is 693. The topological polar surface area (TPSA) is 67.9 Å². The average Bonchev–Trinajstić information content (AvgIpc) is 3.19. The van der Waals surface area contributed by atoms with Gasteiger partial charge in [0.15, 0.2) is 0 Å². The molecule has 3 rings (SSSR count). The molecule has 2 fully saturated rings. The molecule has 1 aliphatic carbocycles. The molecule has 1 saturated heterocycles. The number of urea groups is 1. The normalized spacial score (nSPS) is 22.3. The van der Waals surface area contributed by atoms with Crippen LogP contribution in [0.15, 0.2) is 24.3 Å². The predicted octanol–water partition coefficient (Wildman–Crippen LogP) is 4.89. The van der Waals surface area contributed by atoms with Crippen LogP contribution in [0.5, 0.6) is 5.75 Å². The number of carbonyl (C=O) groups is 2.